The number of amides is 2. The lowest BCUT2D eigenvalue weighted by Gasteiger charge is -2.27. The zero-order chi connectivity index (χ0) is 28.2. The molecular formula is C29H36N8O2S. The minimum Gasteiger partial charge on any atom is -0.357 e. The average Bonchev–Trinajstić information content (AvgIpc) is 3.76. The third-order valence-electron chi connectivity index (χ3n) is 7.58. The number of nitrogens with one attached hydrogen (secondary N) is 2. The highest BCUT2D eigenvalue weighted by atomic mass is 32.1. The van der Waals surface area contributed by atoms with E-state index in [1.165, 1.54) is 0 Å². The molecule has 210 valence electrons. The van der Waals surface area contributed by atoms with Crippen LogP contribution in [0.3, 0.4) is 0 Å². The Balaban J connectivity index is 1.55. The van der Waals surface area contributed by atoms with Crippen LogP contribution >= 0.6 is 11.3 Å². The average molecular weight is 561 g/mol. The molecule has 0 radical (unpaired) electrons. The molecule has 0 aliphatic carbocycles. The zero-order valence-electron chi connectivity index (χ0n) is 23.4. The third kappa shape index (κ3) is 5.57. The predicted octanol–water partition coefficient (Wildman–Crippen LogP) is 3.69. The highest BCUT2D eigenvalue weighted by molar-refractivity contribution is 7.13. The van der Waals surface area contributed by atoms with Crippen molar-refractivity contribution in [1.82, 2.24) is 35.1 Å². The molecule has 2 unspecified atom stereocenters. The van der Waals surface area contributed by atoms with Gasteiger partial charge in [0.25, 0.3) is 5.91 Å². The van der Waals surface area contributed by atoms with E-state index in [1.54, 1.807) is 41.2 Å². The Labute approximate surface area is 238 Å². The fourth-order valence-corrected chi connectivity index (χ4v) is 6.04. The minimum absolute atomic E-state index is 0.0537. The number of rotatable bonds is 10. The van der Waals surface area contributed by atoms with E-state index in [0.717, 1.165) is 42.1 Å². The number of pyridine rings is 1. The molecule has 5 rings (SSSR count). The molecule has 1 saturated heterocycles. The molecule has 2 atom stereocenters. The van der Waals surface area contributed by atoms with Crippen LogP contribution in [0.1, 0.15) is 44.0 Å². The van der Waals surface area contributed by atoms with Gasteiger partial charge in [-0.15, -0.1) is 11.3 Å². The van der Waals surface area contributed by atoms with Gasteiger partial charge in [-0.25, -0.2) is 14.5 Å². The molecule has 1 aliphatic rings. The summed E-state index contributed by atoms with van der Waals surface area (Å²) < 4.78 is 1.72. The van der Waals surface area contributed by atoms with Gasteiger partial charge in [-0.2, -0.15) is 5.10 Å². The van der Waals surface area contributed by atoms with Crippen LogP contribution in [-0.4, -0.2) is 81.6 Å². The molecule has 0 spiro atoms. The minimum atomic E-state index is -0.334. The molecule has 10 nitrogen and oxygen atoms in total. The van der Waals surface area contributed by atoms with Crippen molar-refractivity contribution in [2.45, 2.75) is 45.7 Å². The molecule has 1 fully saturated rings. The Morgan fingerprint density at radius 2 is 2.00 bits per heavy atom. The van der Waals surface area contributed by atoms with Crippen LogP contribution in [0.5, 0.6) is 0 Å². The number of hydrogen-bond donors (Lipinski definition) is 2. The summed E-state index contributed by atoms with van der Waals surface area (Å²) in [6.07, 6.45) is 5.22. The molecule has 2 amide bonds. The van der Waals surface area contributed by atoms with Gasteiger partial charge in [0, 0.05) is 37.9 Å². The Hall–Kier alpha value is -3.83. The van der Waals surface area contributed by atoms with Crippen molar-refractivity contribution >= 4 is 34.6 Å². The SMILES string of the molecule is CCN(CC)C(C)CNC(=O)c1cc(-c2cnn3ccc(-c4cccs4)nc23)nc(N2CCCC2C(=O)NC)c1. The first-order chi connectivity index (χ1) is 19.4. The van der Waals surface area contributed by atoms with Crippen molar-refractivity contribution < 1.29 is 9.59 Å². The van der Waals surface area contributed by atoms with Gasteiger partial charge in [-0.3, -0.25) is 14.5 Å². The van der Waals surface area contributed by atoms with Crippen molar-refractivity contribution in [1.29, 1.82) is 0 Å². The van der Waals surface area contributed by atoms with Gasteiger partial charge in [-0.1, -0.05) is 19.9 Å². The number of hydrogen-bond acceptors (Lipinski definition) is 8. The van der Waals surface area contributed by atoms with Gasteiger partial charge in [-0.05, 0) is 62.5 Å². The third-order valence-corrected chi connectivity index (χ3v) is 8.47. The van der Waals surface area contributed by atoms with Crippen LogP contribution in [-0.2, 0) is 4.79 Å². The summed E-state index contributed by atoms with van der Waals surface area (Å²) in [5.41, 5.74) is 3.31. The topological polar surface area (TPSA) is 108 Å². The van der Waals surface area contributed by atoms with Crippen molar-refractivity contribution in [2.75, 3.05) is 38.1 Å². The van der Waals surface area contributed by atoms with Gasteiger partial charge < -0.3 is 15.5 Å². The molecule has 4 aromatic rings. The van der Waals surface area contributed by atoms with E-state index in [4.69, 9.17) is 9.97 Å². The maximum absolute atomic E-state index is 13.5. The van der Waals surface area contributed by atoms with E-state index < -0.39 is 0 Å². The lowest BCUT2D eigenvalue weighted by Crippen LogP contribution is -2.43. The van der Waals surface area contributed by atoms with E-state index in [1.807, 2.05) is 34.7 Å². The quantitative estimate of drug-likeness (QED) is 0.305. The Bertz CT molecular complexity index is 1480. The van der Waals surface area contributed by atoms with Crippen LogP contribution < -0.4 is 15.5 Å². The molecule has 0 aromatic carbocycles. The molecule has 11 heteroatoms. The second-order valence-electron chi connectivity index (χ2n) is 9.96. The smallest absolute Gasteiger partial charge is 0.251 e. The first-order valence-corrected chi connectivity index (χ1v) is 14.7. The lowest BCUT2D eigenvalue weighted by molar-refractivity contribution is -0.121. The Morgan fingerprint density at radius 1 is 1.18 bits per heavy atom. The van der Waals surface area contributed by atoms with E-state index >= 15 is 0 Å². The van der Waals surface area contributed by atoms with E-state index in [0.29, 0.717) is 35.8 Å². The number of thiophene rings is 1. The monoisotopic (exact) mass is 560 g/mol. The van der Waals surface area contributed by atoms with Crippen LogP contribution in [0, 0.1) is 0 Å². The fraction of sp³-hybridized carbons (Fsp3) is 0.414. The molecular weight excluding hydrogens is 524 g/mol. The van der Waals surface area contributed by atoms with Gasteiger partial charge >= 0.3 is 0 Å². The summed E-state index contributed by atoms with van der Waals surface area (Å²) in [4.78, 5) is 41.4. The molecule has 40 heavy (non-hydrogen) atoms. The van der Waals surface area contributed by atoms with Crippen molar-refractivity contribution in [3.8, 4) is 21.8 Å². The molecule has 0 bridgehead atoms. The number of carbonyl (C=O) groups excluding carboxylic acids is 2. The summed E-state index contributed by atoms with van der Waals surface area (Å²) >= 11 is 1.62. The van der Waals surface area contributed by atoms with Crippen LogP contribution in [0.4, 0.5) is 5.82 Å². The second-order valence-corrected chi connectivity index (χ2v) is 10.9. The standard InChI is InChI=1S/C29H36N8O2S/c1-5-35(6-2)19(3)17-31-28(38)20-15-23(33-26(16-20)36-12-7-9-24(36)29(39)30-4)21-18-32-37-13-11-22(34-27(21)37)25-10-8-14-40-25/h8,10-11,13-16,18-19,24H,5-7,9,12,17H2,1-4H3,(H,30,39)(H,31,38). The second kappa shape index (κ2) is 12.1. The number of carbonyl (C=O) groups is 2. The largest absolute Gasteiger partial charge is 0.357 e. The summed E-state index contributed by atoms with van der Waals surface area (Å²) in [6, 6.07) is 9.43. The van der Waals surface area contributed by atoms with E-state index in [2.05, 4.69) is 41.4 Å². The van der Waals surface area contributed by atoms with Gasteiger partial charge in [0.05, 0.1) is 28.0 Å². The molecule has 5 heterocycles. The number of fused-ring (bicyclic) bond motifs is 1. The van der Waals surface area contributed by atoms with Crippen molar-refractivity contribution in [2.24, 2.45) is 0 Å². The van der Waals surface area contributed by atoms with E-state index in [9.17, 15) is 9.59 Å². The van der Waals surface area contributed by atoms with Crippen molar-refractivity contribution in [3.05, 3.63) is 53.7 Å². The maximum atomic E-state index is 13.5. The molecule has 0 saturated carbocycles. The number of aromatic nitrogens is 4. The van der Waals surface area contributed by atoms with Crippen LogP contribution in [0.25, 0.3) is 27.5 Å². The Kier molecular flexibility index (Phi) is 8.41. The fourth-order valence-electron chi connectivity index (χ4n) is 5.34. The number of likely N-dealkylation sites (N-methyl/N-ethyl adjacent to an activating group) is 2. The summed E-state index contributed by atoms with van der Waals surface area (Å²) in [5.74, 6) is 0.365. The summed E-state index contributed by atoms with van der Waals surface area (Å²) in [7, 11) is 1.65. The summed E-state index contributed by atoms with van der Waals surface area (Å²) in [5, 5.41) is 12.4. The van der Waals surface area contributed by atoms with E-state index in [-0.39, 0.29) is 23.9 Å². The van der Waals surface area contributed by atoms with Gasteiger partial charge in [0.15, 0.2) is 5.65 Å². The molecule has 1 aliphatic heterocycles. The molecule has 2 N–H and O–H groups in total. The van der Waals surface area contributed by atoms with Crippen molar-refractivity contribution in [3.63, 3.8) is 0 Å². The van der Waals surface area contributed by atoms with Gasteiger partial charge in [0.2, 0.25) is 5.91 Å². The number of anilines is 1. The Morgan fingerprint density at radius 3 is 2.73 bits per heavy atom. The zero-order valence-corrected chi connectivity index (χ0v) is 24.2. The lowest BCUT2D eigenvalue weighted by atomic mass is 10.1. The first-order valence-electron chi connectivity index (χ1n) is 13.8. The predicted molar refractivity (Wildman–Crippen MR) is 159 cm³/mol. The first kappa shape index (κ1) is 27.7. The molecule has 4 aromatic heterocycles. The highest BCUT2D eigenvalue weighted by Gasteiger charge is 2.32. The number of nitrogens with zero attached hydrogens (tertiary/aromatic N) is 6. The van der Waals surface area contributed by atoms with Gasteiger partial charge in [0.1, 0.15) is 11.9 Å². The highest BCUT2D eigenvalue weighted by Crippen LogP contribution is 2.31. The summed E-state index contributed by atoms with van der Waals surface area (Å²) in [6.45, 7) is 9.41. The maximum Gasteiger partial charge on any atom is 0.251 e. The van der Waals surface area contributed by atoms with Crippen LogP contribution in [0.15, 0.2) is 48.1 Å². The normalized spacial score (nSPS) is 16.0. The van der Waals surface area contributed by atoms with Crippen LogP contribution in [0.2, 0.25) is 0 Å².